The van der Waals surface area contributed by atoms with E-state index in [4.69, 9.17) is 4.42 Å². The number of aromatic nitrogens is 1. The van der Waals surface area contributed by atoms with Gasteiger partial charge in [-0.2, -0.15) is 11.3 Å². The van der Waals surface area contributed by atoms with Crippen LogP contribution < -0.4 is 5.56 Å². The van der Waals surface area contributed by atoms with Crippen LogP contribution in [-0.4, -0.2) is 21.9 Å². The average molecular weight is 354 g/mol. The van der Waals surface area contributed by atoms with Crippen molar-refractivity contribution in [2.45, 2.75) is 25.4 Å². The summed E-state index contributed by atoms with van der Waals surface area (Å²) in [6, 6.07) is 10.7. The van der Waals surface area contributed by atoms with E-state index in [1.54, 1.807) is 46.4 Å². The third-order valence-corrected chi connectivity index (χ3v) is 5.24. The molecule has 0 N–H and O–H groups in total. The molecule has 25 heavy (non-hydrogen) atoms. The zero-order valence-corrected chi connectivity index (χ0v) is 14.4. The van der Waals surface area contributed by atoms with Gasteiger partial charge in [0.2, 0.25) is 0 Å². The maximum Gasteiger partial charge on any atom is 0.290 e. The summed E-state index contributed by atoms with van der Waals surface area (Å²) < 4.78 is 7.29. The molecule has 0 saturated carbocycles. The third-order valence-electron chi connectivity index (χ3n) is 4.54. The molecule has 1 atom stereocenters. The number of thiophene rings is 1. The van der Waals surface area contributed by atoms with Crippen molar-refractivity contribution in [1.82, 2.24) is 9.47 Å². The van der Waals surface area contributed by atoms with Gasteiger partial charge in [-0.05, 0) is 53.4 Å². The Balaban J connectivity index is 1.52. The van der Waals surface area contributed by atoms with Gasteiger partial charge in [0.15, 0.2) is 5.76 Å². The van der Waals surface area contributed by atoms with Crippen LogP contribution in [-0.2, 0) is 6.54 Å². The molecule has 0 radical (unpaired) electrons. The molecule has 0 aromatic carbocycles. The minimum Gasteiger partial charge on any atom is -0.454 e. The van der Waals surface area contributed by atoms with Gasteiger partial charge in [-0.1, -0.05) is 6.07 Å². The van der Waals surface area contributed by atoms with E-state index in [0.717, 1.165) is 19.4 Å². The minimum atomic E-state index is -0.0937. The van der Waals surface area contributed by atoms with E-state index in [1.165, 1.54) is 11.6 Å². The Morgan fingerprint density at radius 3 is 2.96 bits per heavy atom. The maximum atomic E-state index is 12.9. The summed E-state index contributed by atoms with van der Waals surface area (Å²) in [6.07, 6.45) is 3.69. The SMILES string of the molecule is O=C(c1ccc(Cn2ccccc2=O)o1)N1CCC[C@H]1c1ccsc1. The van der Waals surface area contributed by atoms with Gasteiger partial charge < -0.3 is 13.9 Å². The number of hydrogen-bond acceptors (Lipinski definition) is 4. The lowest BCUT2D eigenvalue weighted by Crippen LogP contribution is -2.30. The van der Waals surface area contributed by atoms with Crippen molar-refractivity contribution in [3.63, 3.8) is 0 Å². The first-order valence-corrected chi connectivity index (χ1v) is 9.24. The third kappa shape index (κ3) is 3.17. The first kappa shape index (κ1) is 15.9. The van der Waals surface area contributed by atoms with Crippen molar-refractivity contribution >= 4 is 17.2 Å². The van der Waals surface area contributed by atoms with Gasteiger partial charge in [-0.25, -0.2) is 0 Å². The Morgan fingerprint density at radius 2 is 2.16 bits per heavy atom. The highest BCUT2D eigenvalue weighted by atomic mass is 32.1. The number of amides is 1. The van der Waals surface area contributed by atoms with Gasteiger partial charge in [0.25, 0.3) is 11.5 Å². The number of carbonyl (C=O) groups excluding carboxylic acids is 1. The average Bonchev–Trinajstić information content (AvgIpc) is 3.37. The molecule has 1 fully saturated rings. The molecule has 5 nitrogen and oxygen atoms in total. The van der Waals surface area contributed by atoms with Gasteiger partial charge in [0.05, 0.1) is 12.6 Å². The van der Waals surface area contributed by atoms with E-state index in [9.17, 15) is 9.59 Å². The van der Waals surface area contributed by atoms with Crippen LogP contribution in [0.1, 0.15) is 40.8 Å². The van der Waals surface area contributed by atoms with Crippen LogP contribution >= 0.6 is 11.3 Å². The fourth-order valence-corrected chi connectivity index (χ4v) is 4.01. The second-order valence-corrected chi connectivity index (χ2v) is 6.93. The fourth-order valence-electron chi connectivity index (χ4n) is 3.30. The number of likely N-dealkylation sites (tertiary alicyclic amines) is 1. The summed E-state index contributed by atoms with van der Waals surface area (Å²) >= 11 is 1.65. The van der Waals surface area contributed by atoms with Gasteiger partial charge in [0.1, 0.15) is 5.76 Å². The van der Waals surface area contributed by atoms with Crippen LogP contribution in [0.25, 0.3) is 0 Å². The molecular weight excluding hydrogens is 336 g/mol. The molecule has 1 aliphatic rings. The van der Waals surface area contributed by atoms with Gasteiger partial charge in [-0.3, -0.25) is 9.59 Å². The van der Waals surface area contributed by atoms with Crippen LogP contribution in [0.5, 0.6) is 0 Å². The van der Waals surface area contributed by atoms with Crippen LogP contribution in [0.2, 0.25) is 0 Å². The summed E-state index contributed by atoms with van der Waals surface area (Å²) in [5, 5.41) is 4.14. The predicted molar refractivity (Wildman–Crippen MR) is 95.8 cm³/mol. The molecule has 0 unspecified atom stereocenters. The van der Waals surface area contributed by atoms with Gasteiger partial charge >= 0.3 is 0 Å². The molecule has 128 valence electrons. The van der Waals surface area contributed by atoms with E-state index in [2.05, 4.69) is 11.4 Å². The topological polar surface area (TPSA) is 55.5 Å². The highest BCUT2D eigenvalue weighted by Gasteiger charge is 2.32. The second kappa shape index (κ2) is 6.72. The largest absolute Gasteiger partial charge is 0.454 e. The molecule has 4 heterocycles. The highest BCUT2D eigenvalue weighted by Crippen LogP contribution is 2.34. The number of pyridine rings is 1. The van der Waals surface area contributed by atoms with Crippen LogP contribution in [0.15, 0.2) is 62.6 Å². The summed E-state index contributed by atoms with van der Waals surface area (Å²) in [7, 11) is 0. The molecule has 0 aliphatic carbocycles. The second-order valence-electron chi connectivity index (χ2n) is 6.15. The zero-order valence-electron chi connectivity index (χ0n) is 13.6. The first-order chi connectivity index (χ1) is 12.2. The molecule has 0 spiro atoms. The summed E-state index contributed by atoms with van der Waals surface area (Å²) in [5.41, 5.74) is 1.10. The monoisotopic (exact) mass is 354 g/mol. The lowest BCUT2D eigenvalue weighted by molar-refractivity contribution is 0.0701. The lowest BCUT2D eigenvalue weighted by Gasteiger charge is -2.23. The zero-order chi connectivity index (χ0) is 17.2. The normalized spacial score (nSPS) is 17.1. The van der Waals surface area contributed by atoms with Crippen molar-refractivity contribution in [2.75, 3.05) is 6.54 Å². The molecule has 6 heteroatoms. The van der Waals surface area contributed by atoms with Crippen molar-refractivity contribution in [3.05, 3.63) is 80.8 Å². The number of furan rings is 1. The number of rotatable bonds is 4. The van der Waals surface area contributed by atoms with E-state index < -0.39 is 0 Å². The molecule has 0 bridgehead atoms. The van der Waals surface area contributed by atoms with Crippen molar-refractivity contribution < 1.29 is 9.21 Å². The Hall–Kier alpha value is -2.60. The Morgan fingerprint density at radius 1 is 1.24 bits per heavy atom. The van der Waals surface area contributed by atoms with Crippen LogP contribution in [0.3, 0.4) is 0 Å². The van der Waals surface area contributed by atoms with Crippen LogP contribution in [0, 0.1) is 0 Å². The van der Waals surface area contributed by atoms with Crippen molar-refractivity contribution in [2.24, 2.45) is 0 Å². The molecular formula is C19H18N2O3S. The fraction of sp³-hybridized carbons (Fsp3) is 0.263. The van der Waals surface area contributed by atoms with Crippen LogP contribution in [0.4, 0.5) is 0 Å². The molecule has 3 aromatic rings. The molecule has 1 saturated heterocycles. The quantitative estimate of drug-likeness (QED) is 0.720. The van der Waals surface area contributed by atoms with Crippen molar-refractivity contribution in [1.29, 1.82) is 0 Å². The molecule has 4 rings (SSSR count). The minimum absolute atomic E-state index is 0.0830. The number of carbonyl (C=O) groups is 1. The van der Waals surface area contributed by atoms with Crippen molar-refractivity contribution in [3.8, 4) is 0 Å². The maximum absolute atomic E-state index is 12.9. The smallest absolute Gasteiger partial charge is 0.290 e. The Kier molecular flexibility index (Phi) is 4.28. The standard InChI is InChI=1S/C19H18N2O3S/c22-18-5-1-2-9-20(18)12-15-6-7-17(24-15)19(23)21-10-3-4-16(21)14-8-11-25-13-14/h1-2,5-9,11,13,16H,3-4,10,12H2/t16-/m0/s1. The number of nitrogens with zero attached hydrogens (tertiary/aromatic N) is 2. The Labute approximate surface area is 149 Å². The van der Waals surface area contributed by atoms with Gasteiger partial charge in [0, 0.05) is 18.8 Å². The molecule has 1 amide bonds. The first-order valence-electron chi connectivity index (χ1n) is 8.29. The molecule has 3 aromatic heterocycles. The Bertz CT molecular complexity index is 926. The summed E-state index contributed by atoms with van der Waals surface area (Å²) in [6.45, 7) is 1.06. The summed E-state index contributed by atoms with van der Waals surface area (Å²) in [4.78, 5) is 26.5. The van der Waals surface area contributed by atoms with Gasteiger partial charge in [-0.15, -0.1) is 0 Å². The van der Waals surface area contributed by atoms with E-state index >= 15 is 0 Å². The van der Waals surface area contributed by atoms with E-state index in [0.29, 0.717) is 18.1 Å². The lowest BCUT2D eigenvalue weighted by atomic mass is 10.1. The highest BCUT2D eigenvalue weighted by molar-refractivity contribution is 7.08. The van der Waals surface area contributed by atoms with E-state index in [-0.39, 0.29) is 17.5 Å². The summed E-state index contributed by atoms with van der Waals surface area (Å²) in [5.74, 6) is 0.851. The van der Waals surface area contributed by atoms with E-state index in [1.807, 2.05) is 10.3 Å². The predicted octanol–water partition coefficient (Wildman–Crippen LogP) is 3.53. The molecule has 1 aliphatic heterocycles. The number of hydrogen-bond donors (Lipinski definition) is 0.